The van der Waals surface area contributed by atoms with Crippen molar-refractivity contribution in [3.63, 3.8) is 0 Å². The molecular weight excluding hydrogens is 748 g/mol. The van der Waals surface area contributed by atoms with Crippen LogP contribution in [-0.2, 0) is 52.2 Å². The first-order chi connectivity index (χ1) is 27.7. The van der Waals surface area contributed by atoms with Gasteiger partial charge in [-0.2, -0.15) is 0 Å². The second-order valence-electron chi connectivity index (χ2n) is 17.6. The molecule has 2 N–H and O–H groups in total. The Morgan fingerprint density at radius 2 is 1.79 bits per heavy atom. The van der Waals surface area contributed by atoms with E-state index >= 15 is 0 Å². The van der Waals surface area contributed by atoms with Crippen LogP contribution >= 0.6 is 0 Å². The number of carbonyl (C=O) groups is 1. The standard InChI is InChI=1S/C45H66O13/c1-9-25(2)40-28(5)15-16-44(58-40)22-33-20-32(57-44)14-13-27(4)39(55-36-21-35(49-8)41(30(7)53-36)56-37-24-50-17-18-51-37)26(3)11-10-12-31-23-52-42-38(46)29(6)19-34(43(47)54-33)45(31,42)48/h10-13,15-16,19,25-26,28,30,32-42,46,48H,9,14,17-18,20-24H2,1-8H3/b11-10+,27-13+,31-12+/t25?,26?,28-,30-,32+,33-,34-,35-,36?,37?,38+,39-,40+,41-,42+,44+,45+/m0/s1. The summed E-state index contributed by atoms with van der Waals surface area (Å²) in [6.45, 7) is 15.7. The van der Waals surface area contributed by atoms with E-state index in [1.54, 1.807) is 26.2 Å². The fourth-order valence-electron chi connectivity index (χ4n) is 9.77. The third kappa shape index (κ3) is 9.02. The summed E-state index contributed by atoms with van der Waals surface area (Å²) in [4.78, 5) is 14.3. The molecule has 2 bridgehead atoms. The Balaban J connectivity index is 1.21. The molecule has 0 aromatic heterocycles. The van der Waals surface area contributed by atoms with Gasteiger partial charge in [-0.3, -0.25) is 4.79 Å². The van der Waals surface area contributed by atoms with Crippen LogP contribution in [0.5, 0.6) is 0 Å². The molecule has 0 aromatic carbocycles. The van der Waals surface area contributed by atoms with Crippen LogP contribution in [0.1, 0.15) is 80.6 Å². The van der Waals surface area contributed by atoms with Crippen molar-refractivity contribution in [2.45, 2.75) is 159 Å². The lowest BCUT2D eigenvalue weighted by atomic mass is 9.71. The number of esters is 1. The number of aliphatic hydroxyl groups excluding tert-OH is 1. The number of hydrogen-bond donors (Lipinski definition) is 2. The van der Waals surface area contributed by atoms with Crippen molar-refractivity contribution in [2.24, 2.45) is 23.7 Å². The van der Waals surface area contributed by atoms with E-state index in [0.717, 1.165) is 12.0 Å². The Morgan fingerprint density at radius 1 is 0.983 bits per heavy atom. The highest BCUT2D eigenvalue weighted by Gasteiger charge is 2.60. The lowest BCUT2D eigenvalue weighted by molar-refractivity contribution is -0.309. The first-order valence-electron chi connectivity index (χ1n) is 21.4. The summed E-state index contributed by atoms with van der Waals surface area (Å²) in [5.74, 6) is -2.47. The van der Waals surface area contributed by atoms with Gasteiger partial charge in [0.1, 0.15) is 35.9 Å². The molecule has 58 heavy (non-hydrogen) atoms. The summed E-state index contributed by atoms with van der Waals surface area (Å²) in [6.07, 6.45) is 10.5. The fourth-order valence-corrected chi connectivity index (χ4v) is 9.77. The molecule has 6 heterocycles. The summed E-state index contributed by atoms with van der Waals surface area (Å²) >= 11 is 0. The molecule has 0 aromatic rings. The Labute approximate surface area is 343 Å². The number of allylic oxidation sites excluding steroid dienone is 2. The van der Waals surface area contributed by atoms with E-state index in [1.807, 2.05) is 25.2 Å². The molecule has 7 rings (SSSR count). The van der Waals surface area contributed by atoms with Crippen LogP contribution in [-0.4, -0.2) is 129 Å². The molecule has 13 nitrogen and oxygen atoms in total. The summed E-state index contributed by atoms with van der Waals surface area (Å²) in [5.41, 5.74) is 0.196. The minimum absolute atomic E-state index is 0.0461. The van der Waals surface area contributed by atoms with Gasteiger partial charge in [-0.05, 0) is 55.9 Å². The average Bonchev–Trinajstić information content (AvgIpc) is 3.55. The van der Waals surface area contributed by atoms with Gasteiger partial charge in [0.2, 0.25) is 0 Å². The highest BCUT2D eigenvalue weighted by Crippen LogP contribution is 2.47. The summed E-state index contributed by atoms with van der Waals surface area (Å²) < 4.78 is 63.1. The van der Waals surface area contributed by atoms with Crippen molar-refractivity contribution >= 4 is 5.97 Å². The van der Waals surface area contributed by atoms with Crippen molar-refractivity contribution in [1.82, 2.24) is 0 Å². The van der Waals surface area contributed by atoms with Crippen molar-refractivity contribution in [3.05, 3.63) is 59.3 Å². The largest absolute Gasteiger partial charge is 0.462 e. The first kappa shape index (κ1) is 43.8. The van der Waals surface area contributed by atoms with Crippen LogP contribution < -0.4 is 0 Å². The van der Waals surface area contributed by atoms with Crippen LogP contribution in [0.15, 0.2) is 59.3 Å². The number of methoxy groups -OCH3 is 1. The van der Waals surface area contributed by atoms with Gasteiger partial charge in [0.05, 0.1) is 56.9 Å². The summed E-state index contributed by atoms with van der Waals surface area (Å²) in [7, 11) is 1.67. The number of rotatable bonds is 7. The third-order valence-corrected chi connectivity index (χ3v) is 13.3. The van der Waals surface area contributed by atoms with Gasteiger partial charge in [0.15, 0.2) is 18.4 Å². The van der Waals surface area contributed by atoms with Crippen LogP contribution in [0, 0.1) is 23.7 Å². The molecular formula is C45H66O13. The zero-order valence-corrected chi connectivity index (χ0v) is 35.5. The zero-order chi connectivity index (χ0) is 41.4. The number of fused-ring (bicyclic) bond motifs is 2. The van der Waals surface area contributed by atoms with Gasteiger partial charge in [0.25, 0.3) is 0 Å². The molecule has 6 aliphatic heterocycles. The Morgan fingerprint density at radius 3 is 2.53 bits per heavy atom. The molecule has 1 spiro atoms. The Hall–Kier alpha value is -2.27. The quantitative estimate of drug-likeness (QED) is 0.255. The van der Waals surface area contributed by atoms with E-state index < -0.39 is 60.3 Å². The maximum atomic E-state index is 14.3. The maximum Gasteiger partial charge on any atom is 0.316 e. The number of ether oxygens (including phenoxy) is 10. The SMILES string of the molecule is CCC(C)[C@H]1O[C@]2(C=C[C@@H]1C)C[C@@H]1C[C@@H](C/C=C(\C)[C@@H](OC3C[C@H](OC)[C@@H](OC4COCCO4)[C@H](C)O3)C(C)/C=C/C=C3\CO[C@@H]4[C@H](O)C(C)=C[C@@H](C(=O)O1)[C@]34O)O2. The lowest BCUT2D eigenvalue weighted by Gasteiger charge is -2.48. The van der Waals surface area contributed by atoms with Gasteiger partial charge in [-0.1, -0.05) is 70.6 Å². The molecule has 4 unspecified atom stereocenters. The van der Waals surface area contributed by atoms with E-state index in [-0.39, 0.29) is 54.9 Å². The Kier molecular flexibility index (Phi) is 13.9. The van der Waals surface area contributed by atoms with Gasteiger partial charge < -0.3 is 57.6 Å². The molecule has 4 saturated heterocycles. The van der Waals surface area contributed by atoms with Crippen molar-refractivity contribution in [3.8, 4) is 0 Å². The predicted molar refractivity (Wildman–Crippen MR) is 212 cm³/mol. The first-order valence-corrected chi connectivity index (χ1v) is 21.4. The second kappa shape index (κ2) is 18.4. The highest BCUT2D eigenvalue weighted by atomic mass is 16.7. The highest BCUT2D eigenvalue weighted by molar-refractivity contribution is 5.78. The van der Waals surface area contributed by atoms with Crippen LogP contribution in [0.2, 0.25) is 0 Å². The van der Waals surface area contributed by atoms with Crippen molar-refractivity contribution in [1.29, 1.82) is 0 Å². The van der Waals surface area contributed by atoms with Crippen LogP contribution in [0.25, 0.3) is 0 Å². The molecule has 17 atom stereocenters. The minimum atomic E-state index is -1.82. The lowest BCUT2D eigenvalue weighted by Crippen LogP contribution is -2.58. The monoisotopic (exact) mass is 814 g/mol. The minimum Gasteiger partial charge on any atom is -0.462 e. The Bertz CT molecular complexity index is 1600. The van der Waals surface area contributed by atoms with Crippen LogP contribution in [0.3, 0.4) is 0 Å². The van der Waals surface area contributed by atoms with Crippen molar-refractivity contribution in [2.75, 3.05) is 33.5 Å². The molecule has 0 radical (unpaired) electrons. The maximum absolute atomic E-state index is 14.3. The van der Waals surface area contributed by atoms with Crippen LogP contribution in [0.4, 0.5) is 0 Å². The van der Waals surface area contributed by atoms with Gasteiger partial charge in [-0.25, -0.2) is 0 Å². The smallest absolute Gasteiger partial charge is 0.316 e. The number of aliphatic hydroxyl groups is 2. The molecule has 0 amide bonds. The summed E-state index contributed by atoms with van der Waals surface area (Å²) in [5, 5.41) is 23.6. The second-order valence-corrected chi connectivity index (χ2v) is 17.6. The normalized spacial score (nSPS) is 47.8. The van der Waals surface area contributed by atoms with E-state index in [4.69, 9.17) is 47.4 Å². The third-order valence-electron chi connectivity index (χ3n) is 13.3. The molecule has 0 saturated carbocycles. The van der Waals surface area contributed by atoms with E-state index in [2.05, 4.69) is 46.8 Å². The van der Waals surface area contributed by atoms with E-state index in [9.17, 15) is 15.0 Å². The van der Waals surface area contributed by atoms with Gasteiger partial charge in [-0.15, -0.1) is 0 Å². The fraction of sp³-hybridized carbons (Fsp3) is 0.756. The van der Waals surface area contributed by atoms with Gasteiger partial charge in [0, 0.05) is 38.2 Å². The number of hydrogen-bond acceptors (Lipinski definition) is 13. The predicted octanol–water partition coefficient (Wildman–Crippen LogP) is 5.24. The average molecular weight is 815 g/mol. The summed E-state index contributed by atoms with van der Waals surface area (Å²) in [6, 6.07) is 0. The van der Waals surface area contributed by atoms with Crippen molar-refractivity contribution < 1.29 is 62.4 Å². The molecule has 324 valence electrons. The topological polar surface area (TPSA) is 150 Å². The van der Waals surface area contributed by atoms with E-state index in [1.165, 1.54) is 0 Å². The van der Waals surface area contributed by atoms with Gasteiger partial charge >= 0.3 is 5.97 Å². The number of carbonyl (C=O) groups excluding carboxylic acids is 1. The van der Waals surface area contributed by atoms with E-state index in [0.29, 0.717) is 56.7 Å². The molecule has 7 aliphatic rings. The molecule has 4 fully saturated rings. The zero-order valence-electron chi connectivity index (χ0n) is 35.5. The molecule has 1 aliphatic carbocycles. The molecule has 13 heteroatoms.